The van der Waals surface area contributed by atoms with Gasteiger partial charge in [0.05, 0.1) is 1.37 Å². The van der Waals surface area contributed by atoms with E-state index in [0.717, 1.165) is 0 Å². The van der Waals surface area contributed by atoms with Crippen molar-refractivity contribution in [2.24, 2.45) is 0 Å². The first kappa shape index (κ1) is 7.11. The minimum absolute atomic E-state index is 0.00479. The van der Waals surface area contributed by atoms with Crippen molar-refractivity contribution < 1.29 is 14.3 Å². The van der Waals surface area contributed by atoms with Gasteiger partial charge in [-0.3, -0.25) is 0 Å². The molecule has 2 heteroatoms. The number of para-hydroxylation sites is 1. The van der Waals surface area contributed by atoms with E-state index in [2.05, 4.69) is 5.32 Å². The zero-order valence-electron chi connectivity index (χ0n) is 17.5. The smallest absolute Gasteiger partial charge is 0.125 e. The molecular formula is C17H21NO. The summed E-state index contributed by atoms with van der Waals surface area (Å²) in [5.74, 6) is 0.0836. The van der Waals surface area contributed by atoms with Gasteiger partial charge in [0.2, 0.25) is 0 Å². The van der Waals surface area contributed by atoms with Crippen LogP contribution < -0.4 is 10.1 Å². The Morgan fingerprint density at radius 3 is 2.74 bits per heavy atom. The van der Waals surface area contributed by atoms with Crippen molar-refractivity contribution in [1.29, 1.82) is 0 Å². The number of hydrogen-bond acceptors (Lipinski definition) is 2. The van der Waals surface area contributed by atoms with Gasteiger partial charge in [-0.1, -0.05) is 48.5 Å². The Labute approximate surface area is 125 Å². The topological polar surface area (TPSA) is 21.3 Å². The molecule has 1 N–H and O–H groups in total. The van der Waals surface area contributed by atoms with Gasteiger partial charge in [-0.2, -0.15) is 0 Å². The lowest BCUT2D eigenvalue weighted by molar-refractivity contribution is 0.193. The van der Waals surface area contributed by atoms with Crippen LogP contribution in [0.1, 0.15) is 33.2 Å². The summed E-state index contributed by atoms with van der Waals surface area (Å²) in [7, 11) is 0. The van der Waals surface area contributed by atoms with E-state index in [0.29, 0.717) is 5.56 Å². The maximum Gasteiger partial charge on any atom is 0.125 e. The van der Waals surface area contributed by atoms with E-state index in [1.165, 1.54) is 12.1 Å². The van der Waals surface area contributed by atoms with Crippen LogP contribution in [-0.4, -0.2) is 13.5 Å². The van der Waals surface area contributed by atoms with E-state index in [1.807, 2.05) is 0 Å². The number of ether oxygens (including phenoxy) is 1. The van der Waals surface area contributed by atoms with Crippen molar-refractivity contribution in [3.63, 3.8) is 0 Å². The van der Waals surface area contributed by atoms with E-state index in [4.69, 9.17) is 14.3 Å². The molecule has 0 aromatic heterocycles. The van der Waals surface area contributed by atoms with Gasteiger partial charge >= 0.3 is 0 Å². The fraction of sp³-hybridized carbons (Fsp3) is 0.294. The first-order valence-electron chi connectivity index (χ1n) is 9.60. The molecule has 0 aliphatic rings. The lowest BCUT2D eigenvalue weighted by Gasteiger charge is -2.20. The molecule has 0 spiro atoms. The van der Waals surface area contributed by atoms with Crippen molar-refractivity contribution in [3.8, 4) is 5.75 Å². The van der Waals surface area contributed by atoms with Crippen molar-refractivity contribution >= 4 is 0 Å². The standard InChI is InChI=1S/C17H21NO/c1-14-8-6-7-11-16(14)19-17(12-13-18-2)15-9-4-3-5-10-15/h3-11,17-18H,12-13H2,1-2H3/i1D3,2D3,17D. The summed E-state index contributed by atoms with van der Waals surface area (Å²) in [5.41, 5.74) is 0.518. The van der Waals surface area contributed by atoms with Crippen LogP contribution in [0, 0.1) is 6.85 Å². The van der Waals surface area contributed by atoms with Crippen molar-refractivity contribution in [1.82, 2.24) is 5.32 Å². The van der Waals surface area contributed by atoms with Crippen LogP contribution in [-0.2, 0) is 0 Å². The first-order valence-corrected chi connectivity index (χ1v) is 6.10. The largest absolute Gasteiger partial charge is 0.485 e. The van der Waals surface area contributed by atoms with Gasteiger partial charge < -0.3 is 10.1 Å². The number of benzene rings is 2. The maximum atomic E-state index is 8.78. The molecule has 1 unspecified atom stereocenters. The predicted molar refractivity (Wildman–Crippen MR) is 79.5 cm³/mol. The van der Waals surface area contributed by atoms with Gasteiger partial charge in [0, 0.05) is 14.6 Å². The molecule has 2 nitrogen and oxygen atoms in total. The molecule has 2 aromatic carbocycles. The SMILES string of the molecule is [2H]C([2H])([2H])NCCC([2H])(Oc1ccccc1C([2H])([2H])[2H])c1ccccc1. The Balaban J connectivity index is 2.34. The second-order valence-electron chi connectivity index (χ2n) is 4.06. The third-order valence-electron chi connectivity index (χ3n) is 2.69. The van der Waals surface area contributed by atoms with Gasteiger partial charge in [-0.25, -0.2) is 0 Å². The summed E-state index contributed by atoms with van der Waals surface area (Å²) in [6, 6.07) is 14.8. The summed E-state index contributed by atoms with van der Waals surface area (Å²) in [4.78, 5) is 0. The Kier molecular flexibility index (Phi) is 2.60. The molecular weight excluding hydrogens is 234 g/mol. The summed E-state index contributed by atoms with van der Waals surface area (Å²) >= 11 is 0. The molecule has 2 rings (SSSR count). The number of hydrogen-bond donors (Lipinski definition) is 1. The quantitative estimate of drug-likeness (QED) is 0.856. The van der Waals surface area contributed by atoms with E-state index < -0.39 is 19.9 Å². The zero-order chi connectivity index (χ0) is 19.4. The van der Waals surface area contributed by atoms with E-state index in [9.17, 15) is 0 Å². The lowest BCUT2D eigenvalue weighted by Crippen LogP contribution is -2.16. The van der Waals surface area contributed by atoms with Crippen molar-refractivity contribution in [2.45, 2.75) is 19.4 Å². The summed E-state index contributed by atoms with van der Waals surface area (Å²) in [5, 5.41) is 2.37. The molecule has 2 aromatic rings. The minimum atomic E-state index is -2.38. The lowest BCUT2D eigenvalue weighted by atomic mass is 10.1. The van der Waals surface area contributed by atoms with Crippen LogP contribution in [0.4, 0.5) is 0 Å². The van der Waals surface area contributed by atoms with Gasteiger partial charge in [-0.15, -0.1) is 0 Å². The van der Waals surface area contributed by atoms with Gasteiger partial charge in [0.25, 0.3) is 0 Å². The Hall–Kier alpha value is -1.80. The highest BCUT2D eigenvalue weighted by Gasteiger charge is 2.13. The maximum absolute atomic E-state index is 8.78. The number of rotatable bonds is 6. The fourth-order valence-electron chi connectivity index (χ4n) is 1.74. The van der Waals surface area contributed by atoms with E-state index in [1.54, 1.807) is 42.5 Å². The van der Waals surface area contributed by atoms with Crippen LogP contribution in [0.5, 0.6) is 5.75 Å². The molecule has 0 amide bonds. The van der Waals surface area contributed by atoms with Gasteiger partial charge in [0.15, 0.2) is 0 Å². The van der Waals surface area contributed by atoms with Gasteiger partial charge in [0.1, 0.15) is 11.8 Å². The molecule has 100 valence electrons. The van der Waals surface area contributed by atoms with E-state index in [-0.39, 0.29) is 24.3 Å². The number of nitrogens with one attached hydrogen (secondary N) is 1. The minimum Gasteiger partial charge on any atom is -0.485 e. The molecule has 0 fully saturated rings. The predicted octanol–water partition coefficient (Wildman–Crippen LogP) is 3.72. The molecule has 0 aliphatic heterocycles. The second kappa shape index (κ2) is 6.95. The third kappa shape index (κ3) is 3.83. The molecule has 0 heterocycles. The van der Waals surface area contributed by atoms with Crippen LogP contribution in [0.3, 0.4) is 0 Å². The average molecular weight is 262 g/mol. The fourth-order valence-corrected chi connectivity index (χ4v) is 1.74. The molecule has 0 bridgehead atoms. The number of aryl methyl sites for hydroxylation is 1. The van der Waals surface area contributed by atoms with Crippen LogP contribution in [0.15, 0.2) is 54.6 Å². The molecule has 0 radical (unpaired) electrons. The third-order valence-corrected chi connectivity index (χ3v) is 2.69. The molecule has 0 saturated heterocycles. The highest BCUT2D eigenvalue weighted by atomic mass is 16.5. The Morgan fingerprint density at radius 1 is 1.16 bits per heavy atom. The summed E-state index contributed by atoms with van der Waals surface area (Å²) < 4.78 is 59.3. The first-order chi connectivity index (χ1) is 12.0. The summed E-state index contributed by atoms with van der Waals surface area (Å²) in [6.07, 6.45) is -1.62. The molecule has 1 atom stereocenters. The Bertz CT molecular complexity index is 715. The monoisotopic (exact) mass is 262 g/mol. The van der Waals surface area contributed by atoms with Crippen molar-refractivity contribution in [3.05, 3.63) is 65.7 Å². The van der Waals surface area contributed by atoms with Crippen LogP contribution in [0.2, 0.25) is 0 Å². The van der Waals surface area contributed by atoms with Crippen LogP contribution in [0.25, 0.3) is 0 Å². The normalized spacial score (nSPS) is 20.5. The second-order valence-corrected chi connectivity index (χ2v) is 4.06. The van der Waals surface area contributed by atoms with Crippen LogP contribution >= 0.6 is 0 Å². The molecule has 0 aliphatic carbocycles. The highest BCUT2D eigenvalue weighted by molar-refractivity contribution is 5.33. The highest BCUT2D eigenvalue weighted by Crippen LogP contribution is 2.26. The summed E-state index contributed by atoms with van der Waals surface area (Å²) in [6.45, 7) is -4.70. The average Bonchev–Trinajstić information content (AvgIpc) is 2.54. The zero-order valence-corrected chi connectivity index (χ0v) is 10.5. The van der Waals surface area contributed by atoms with Gasteiger partial charge in [-0.05, 0) is 37.6 Å². The van der Waals surface area contributed by atoms with E-state index >= 15 is 0 Å². The van der Waals surface area contributed by atoms with Crippen molar-refractivity contribution in [2.75, 3.05) is 13.5 Å². The Morgan fingerprint density at radius 2 is 1.95 bits per heavy atom. The molecule has 19 heavy (non-hydrogen) atoms. The molecule has 0 saturated carbocycles.